The SMILES string of the molecule is [NH3+][C@@H](CCc1ccccc1)c1ccc2c(c1)OCCO2. The molecule has 0 spiro atoms. The van der Waals surface area contributed by atoms with Gasteiger partial charge in [0.15, 0.2) is 11.5 Å². The Balaban J connectivity index is 1.66. The van der Waals surface area contributed by atoms with Crippen molar-refractivity contribution >= 4 is 0 Å². The Morgan fingerprint density at radius 2 is 1.70 bits per heavy atom. The highest BCUT2D eigenvalue weighted by Crippen LogP contribution is 2.32. The summed E-state index contributed by atoms with van der Waals surface area (Å²) in [6.45, 7) is 1.26. The summed E-state index contributed by atoms with van der Waals surface area (Å²) in [5, 5.41) is 0. The summed E-state index contributed by atoms with van der Waals surface area (Å²) in [6.07, 6.45) is 2.08. The van der Waals surface area contributed by atoms with Gasteiger partial charge in [0, 0.05) is 12.0 Å². The first-order valence-electron chi connectivity index (χ1n) is 7.09. The highest BCUT2D eigenvalue weighted by Gasteiger charge is 2.16. The van der Waals surface area contributed by atoms with Crippen LogP contribution >= 0.6 is 0 Å². The van der Waals surface area contributed by atoms with Crippen LogP contribution in [0, 0.1) is 0 Å². The van der Waals surface area contributed by atoms with Crippen molar-refractivity contribution in [2.75, 3.05) is 13.2 Å². The molecule has 2 aromatic carbocycles. The van der Waals surface area contributed by atoms with Gasteiger partial charge in [-0.25, -0.2) is 0 Å². The number of ether oxygens (including phenoxy) is 2. The Bertz CT molecular complexity index is 568. The minimum Gasteiger partial charge on any atom is -0.486 e. The van der Waals surface area contributed by atoms with E-state index in [4.69, 9.17) is 9.47 Å². The fraction of sp³-hybridized carbons (Fsp3) is 0.294. The zero-order valence-corrected chi connectivity index (χ0v) is 11.5. The number of hydrogen-bond donors (Lipinski definition) is 1. The number of rotatable bonds is 4. The number of fused-ring (bicyclic) bond motifs is 1. The van der Waals surface area contributed by atoms with E-state index in [-0.39, 0.29) is 6.04 Å². The second kappa shape index (κ2) is 5.97. The van der Waals surface area contributed by atoms with E-state index in [0.717, 1.165) is 24.3 Å². The molecular formula is C17H20NO2+. The summed E-state index contributed by atoms with van der Waals surface area (Å²) in [7, 11) is 0. The lowest BCUT2D eigenvalue weighted by atomic mass is 9.99. The van der Waals surface area contributed by atoms with Crippen LogP contribution in [0.4, 0.5) is 0 Å². The Hall–Kier alpha value is -2.00. The second-order valence-corrected chi connectivity index (χ2v) is 5.12. The fourth-order valence-corrected chi connectivity index (χ4v) is 2.47. The Morgan fingerprint density at radius 3 is 2.50 bits per heavy atom. The van der Waals surface area contributed by atoms with Gasteiger partial charge in [-0.3, -0.25) is 0 Å². The van der Waals surface area contributed by atoms with Crippen molar-refractivity contribution in [2.45, 2.75) is 18.9 Å². The fourth-order valence-electron chi connectivity index (χ4n) is 2.47. The third-order valence-electron chi connectivity index (χ3n) is 3.66. The normalized spacial score (nSPS) is 14.8. The van der Waals surface area contributed by atoms with Gasteiger partial charge in [-0.1, -0.05) is 30.3 Å². The van der Waals surface area contributed by atoms with E-state index in [2.05, 4.69) is 42.1 Å². The molecular weight excluding hydrogens is 250 g/mol. The lowest BCUT2D eigenvalue weighted by Gasteiger charge is -2.19. The molecule has 1 atom stereocenters. The molecule has 0 bridgehead atoms. The van der Waals surface area contributed by atoms with Crippen LogP contribution in [-0.2, 0) is 6.42 Å². The minimum atomic E-state index is 0.269. The van der Waals surface area contributed by atoms with Gasteiger partial charge >= 0.3 is 0 Å². The van der Waals surface area contributed by atoms with Crippen LogP contribution in [0.25, 0.3) is 0 Å². The highest BCUT2D eigenvalue weighted by atomic mass is 16.6. The molecule has 0 amide bonds. The number of quaternary nitrogens is 1. The van der Waals surface area contributed by atoms with Gasteiger partial charge in [0.05, 0.1) is 0 Å². The van der Waals surface area contributed by atoms with Crippen LogP contribution in [0.5, 0.6) is 11.5 Å². The van der Waals surface area contributed by atoms with Crippen molar-refractivity contribution in [3.8, 4) is 11.5 Å². The predicted octanol–water partition coefficient (Wildman–Crippen LogP) is 2.37. The van der Waals surface area contributed by atoms with E-state index in [1.807, 2.05) is 12.1 Å². The van der Waals surface area contributed by atoms with E-state index in [0.29, 0.717) is 13.2 Å². The first kappa shape index (κ1) is 13.0. The van der Waals surface area contributed by atoms with Gasteiger partial charge in [0.25, 0.3) is 0 Å². The number of hydrogen-bond acceptors (Lipinski definition) is 2. The molecule has 1 aliphatic heterocycles. The maximum atomic E-state index is 5.62. The standard InChI is InChI=1S/C17H19NO2/c18-15(8-6-13-4-2-1-3-5-13)14-7-9-16-17(12-14)20-11-10-19-16/h1-5,7,9,12,15H,6,8,10-11,18H2/p+1/t15-/m0/s1. The maximum Gasteiger partial charge on any atom is 0.161 e. The van der Waals surface area contributed by atoms with Gasteiger partial charge in [0.2, 0.25) is 0 Å². The summed E-state index contributed by atoms with van der Waals surface area (Å²) in [5.74, 6) is 1.69. The molecule has 0 saturated carbocycles. The largest absolute Gasteiger partial charge is 0.486 e. The lowest BCUT2D eigenvalue weighted by Crippen LogP contribution is -2.53. The Morgan fingerprint density at radius 1 is 0.950 bits per heavy atom. The molecule has 0 radical (unpaired) electrons. The van der Waals surface area contributed by atoms with Gasteiger partial charge in [0.1, 0.15) is 19.3 Å². The van der Waals surface area contributed by atoms with Crippen LogP contribution in [0.2, 0.25) is 0 Å². The van der Waals surface area contributed by atoms with Gasteiger partial charge in [-0.2, -0.15) is 0 Å². The van der Waals surface area contributed by atoms with E-state index in [1.54, 1.807) is 0 Å². The van der Waals surface area contributed by atoms with Crippen LogP contribution in [0.15, 0.2) is 48.5 Å². The summed E-state index contributed by atoms with van der Waals surface area (Å²) in [5.41, 5.74) is 6.85. The van der Waals surface area contributed by atoms with Gasteiger partial charge in [-0.15, -0.1) is 0 Å². The van der Waals surface area contributed by atoms with E-state index < -0.39 is 0 Å². The Labute approximate surface area is 119 Å². The molecule has 3 N–H and O–H groups in total. The minimum absolute atomic E-state index is 0.269. The van der Waals surface area contributed by atoms with Crippen LogP contribution in [0.3, 0.4) is 0 Å². The monoisotopic (exact) mass is 270 g/mol. The van der Waals surface area contributed by atoms with Gasteiger partial charge in [-0.05, 0) is 30.2 Å². The third-order valence-corrected chi connectivity index (χ3v) is 3.66. The molecule has 20 heavy (non-hydrogen) atoms. The molecule has 0 unspecified atom stereocenters. The molecule has 3 heteroatoms. The molecule has 2 aromatic rings. The number of aryl methyl sites for hydroxylation is 1. The molecule has 0 saturated heterocycles. The summed E-state index contributed by atoms with van der Waals surface area (Å²) in [6, 6.07) is 17.0. The second-order valence-electron chi connectivity index (χ2n) is 5.12. The smallest absolute Gasteiger partial charge is 0.161 e. The summed E-state index contributed by atoms with van der Waals surface area (Å²) >= 11 is 0. The quantitative estimate of drug-likeness (QED) is 0.927. The molecule has 0 aromatic heterocycles. The maximum absolute atomic E-state index is 5.62. The van der Waals surface area contributed by atoms with Crippen molar-refractivity contribution in [3.63, 3.8) is 0 Å². The third kappa shape index (κ3) is 2.94. The van der Waals surface area contributed by atoms with Crippen molar-refractivity contribution in [3.05, 3.63) is 59.7 Å². The summed E-state index contributed by atoms with van der Waals surface area (Å²) in [4.78, 5) is 0. The molecule has 0 fully saturated rings. The van der Waals surface area contributed by atoms with Crippen LogP contribution in [-0.4, -0.2) is 13.2 Å². The lowest BCUT2D eigenvalue weighted by molar-refractivity contribution is -0.427. The zero-order valence-electron chi connectivity index (χ0n) is 11.5. The topological polar surface area (TPSA) is 46.1 Å². The molecule has 0 aliphatic carbocycles. The first-order valence-corrected chi connectivity index (χ1v) is 7.09. The van der Waals surface area contributed by atoms with E-state index in [1.165, 1.54) is 11.1 Å². The van der Waals surface area contributed by atoms with E-state index in [9.17, 15) is 0 Å². The van der Waals surface area contributed by atoms with Crippen molar-refractivity contribution < 1.29 is 15.2 Å². The average molecular weight is 270 g/mol. The number of benzene rings is 2. The molecule has 3 nitrogen and oxygen atoms in total. The molecule has 104 valence electrons. The summed E-state index contributed by atoms with van der Waals surface area (Å²) < 4.78 is 11.2. The average Bonchev–Trinajstić information content (AvgIpc) is 2.53. The highest BCUT2D eigenvalue weighted by molar-refractivity contribution is 5.44. The first-order chi connectivity index (χ1) is 9.83. The molecule has 3 rings (SSSR count). The van der Waals surface area contributed by atoms with Crippen LogP contribution in [0.1, 0.15) is 23.6 Å². The Kier molecular flexibility index (Phi) is 3.88. The molecule has 1 aliphatic rings. The molecule has 1 heterocycles. The van der Waals surface area contributed by atoms with Crippen molar-refractivity contribution in [2.24, 2.45) is 0 Å². The van der Waals surface area contributed by atoms with Crippen molar-refractivity contribution in [1.82, 2.24) is 0 Å². The van der Waals surface area contributed by atoms with Crippen molar-refractivity contribution in [1.29, 1.82) is 0 Å². The zero-order chi connectivity index (χ0) is 13.8. The van der Waals surface area contributed by atoms with E-state index >= 15 is 0 Å². The van der Waals surface area contributed by atoms with Crippen LogP contribution < -0.4 is 15.2 Å². The van der Waals surface area contributed by atoms with Gasteiger partial charge < -0.3 is 15.2 Å². The predicted molar refractivity (Wildman–Crippen MR) is 77.8 cm³/mol.